The number of rotatable bonds is 13. The highest BCUT2D eigenvalue weighted by Crippen LogP contribution is 2.14. The van der Waals surface area contributed by atoms with E-state index < -0.39 is 5.97 Å². The van der Waals surface area contributed by atoms with Crippen molar-refractivity contribution in [3.8, 4) is 0 Å². The second-order valence-corrected chi connectivity index (χ2v) is 6.44. The second-order valence-electron chi connectivity index (χ2n) is 6.44. The van der Waals surface area contributed by atoms with Gasteiger partial charge in [-0.15, -0.1) is 0 Å². The lowest BCUT2D eigenvalue weighted by atomic mass is 10.1. The molecule has 0 fully saturated rings. The predicted molar refractivity (Wildman–Crippen MR) is 103 cm³/mol. The molecule has 0 aromatic heterocycles. The van der Waals surface area contributed by atoms with Crippen LogP contribution in [0.4, 0.5) is 5.69 Å². The van der Waals surface area contributed by atoms with Gasteiger partial charge in [-0.2, -0.15) is 0 Å². The number of aliphatic carboxylic acids is 1. The molecule has 0 saturated heterocycles. The van der Waals surface area contributed by atoms with E-state index in [0.29, 0.717) is 23.4 Å². The number of anilines is 1. The van der Waals surface area contributed by atoms with Crippen LogP contribution in [-0.2, 0) is 9.59 Å². The Morgan fingerprint density at radius 1 is 0.923 bits per heavy atom. The van der Waals surface area contributed by atoms with Crippen LogP contribution < -0.4 is 5.32 Å². The standard InChI is InChI=1S/C20H30N2O4/c1-2-3-4-5-6-7-8-9-19(23)21-17-12-10-16(11-13-17)18(22-26)14-15-20(24)25/h10-13,26H,2-9,14-15H2,1H3,(H,21,23)(H,24,25)/b22-18+. The Bertz CT molecular complexity index is 582. The summed E-state index contributed by atoms with van der Waals surface area (Å²) in [7, 11) is 0. The minimum absolute atomic E-state index is 0.00626. The van der Waals surface area contributed by atoms with Crippen molar-refractivity contribution in [2.24, 2.45) is 5.16 Å². The van der Waals surface area contributed by atoms with Crippen LogP contribution in [-0.4, -0.2) is 27.9 Å². The van der Waals surface area contributed by atoms with Crippen molar-refractivity contribution in [3.05, 3.63) is 29.8 Å². The lowest BCUT2D eigenvalue weighted by Gasteiger charge is -2.07. The topological polar surface area (TPSA) is 99.0 Å². The first-order valence-electron chi connectivity index (χ1n) is 9.39. The highest BCUT2D eigenvalue weighted by Gasteiger charge is 2.08. The molecule has 26 heavy (non-hydrogen) atoms. The fraction of sp³-hybridized carbons (Fsp3) is 0.550. The van der Waals surface area contributed by atoms with Crippen LogP contribution in [0.1, 0.15) is 76.7 Å². The highest BCUT2D eigenvalue weighted by molar-refractivity contribution is 6.01. The molecule has 144 valence electrons. The van der Waals surface area contributed by atoms with Gasteiger partial charge in [-0.05, 0) is 24.1 Å². The molecular formula is C20H30N2O4. The molecule has 1 amide bonds. The second kappa shape index (κ2) is 12.9. The summed E-state index contributed by atoms with van der Waals surface area (Å²) in [5.74, 6) is -0.950. The maximum atomic E-state index is 12.0. The normalized spacial score (nSPS) is 11.3. The van der Waals surface area contributed by atoms with Crippen LogP contribution in [0.15, 0.2) is 29.4 Å². The summed E-state index contributed by atoms with van der Waals surface area (Å²) in [5, 5.41) is 23.7. The van der Waals surface area contributed by atoms with E-state index in [2.05, 4.69) is 17.4 Å². The third kappa shape index (κ3) is 9.20. The molecule has 0 radical (unpaired) electrons. The van der Waals surface area contributed by atoms with Crippen LogP contribution in [0, 0.1) is 0 Å². The molecule has 6 nitrogen and oxygen atoms in total. The lowest BCUT2D eigenvalue weighted by Crippen LogP contribution is -2.11. The number of nitrogens with one attached hydrogen (secondary N) is 1. The summed E-state index contributed by atoms with van der Waals surface area (Å²) < 4.78 is 0. The molecule has 1 aromatic rings. The van der Waals surface area contributed by atoms with E-state index in [1.165, 1.54) is 32.1 Å². The zero-order valence-corrected chi connectivity index (χ0v) is 15.5. The van der Waals surface area contributed by atoms with Crippen LogP contribution >= 0.6 is 0 Å². The number of carbonyl (C=O) groups excluding carboxylic acids is 1. The number of unbranched alkanes of at least 4 members (excludes halogenated alkanes) is 6. The van der Waals surface area contributed by atoms with Gasteiger partial charge in [0, 0.05) is 18.5 Å². The van der Waals surface area contributed by atoms with Crippen LogP contribution in [0.25, 0.3) is 0 Å². The Morgan fingerprint density at radius 2 is 1.54 bits per heavy atom. The highest BCUT2D eigenvalue weighted by atomic mass is 16.4. The van der Waals surface area contributed by atoms with Crippen LogP contribution in [0.2, 0.25) is 0 Å². The first-order chi connectivity index (χ1) is 12.6. The Labute approximate surface area is 155 Å². The summed E-state index contributed by atoms with van der Waals surface area (Å²) in [6.45, 7) is 2.20. The van der Waals surface area contributed by atoms with E-state index in [0.717, 1.165) is 12.8 Å². The first kappa shape index (κ1) is 21.7. The van der Waals surface area contributed by atoms with Gasteiger partial charge in [0.05, 0.1) is 12.1 Å². The molecule has 0 aliphatic carbocycles. The minimum atomic E-state index is -0.944. The van der Waals surface area contributed by atoms with Gasteiger partial charge in [0.2, 0.25) is 5.91 Å². The summed E-state index contributed by atoms with van der Waals surface area (Å²) in [4.78, 5) is 22.6. The minimum Gasteiger partial charge on any atom is -0.481 e. The quantitative estimate of drug-likeness (QED) is 0.203. The molecule has 6 heteroatoms. The van der Waals surface area contributed by atoms with E-state index in [-0.39, 0.29) is 18.7 Å². The van der Waals surface area contributed by atoms with Gasteiger partial charge in [0.25, 0.3) is 0 Å². The van der Waals surface area contributed by atoms with Gasteiger partial charge in [-0.3, -0.25) is 9.59 Å². The molecule has 3 N–H and O–H groups in total. The summed E-state index contributed by atoms with van der Waals surface area (Å²) in [5.41, 5.74) is 1.63. The Kier molecular flexibility index (Phi) is 10.8. The number of carbonyl (C=O) groups is 2. The Balaban J connectivity index is 2.34. The third-order valence-electron chi connectivity index (χ3n) is 4.21. The summed E-state index contributed by atoms with van der Waals surface area (Å²) in [6, 6.07) is 6.87. The average molecular weight is 362 g/mol. The van der Waals surface area contributed by atoms with E-state index >= 15 is 0 Å². The number of benzene rings is 1. The van der Waals surface area contributed by atoms with Gasteiger partial charge in [0.1, 0.15) is 0 Å². The number of nitrogens with zero attached hydrogens (tertiary/aromatic N) is 1. The molecule has 0 aliphatic rings. The van der Waals surface area contributed by atoms with Gasteiger partial charge < -0.3 is 15.6 Å². The molecular weight excluding hydrogens is 332 g/mol. The fourth-order valence-electron chi connectivity index (χ4n) is 2.69. The molecule has 1 rings (SSSR count). The van der Waals surface area contributed by atoms with Crippen molar-refractivity contribution in [2.75, 3.05) is 5.32 Å². The molecule has 0 atom stereocenters. The predicted octanol–water partition coefficient (Wildman–Crippen LogP) is 4.81. The van der Waals surface area contributed by atoms with Gasteiger partial charge in [-0.25, -0.2) is 0 Å². The van der Waals surface area contributed by atoms with E-state index in [1.807, 2.05) is 0 Å². The Morgan fingerprint density at radius 3 is 2.12 bits per heavy atom. The van der Waals surface area contributed by atoms with E-state index in [1.54, 1.807) is 24.3 Å². The molecule has 0 saturated carbocycles. The van der Waals surface area contributed by atoms with Crippen molar-refractivity contribution < 1.29 is 19.9 Å². The number of carboxylic acid groups (broad SMARTS) is 1. The number of hydrogen-bond donors (Lipinski definition) is 3. The number of hydrogen-bond acceptors (Lipinski definition) is 4. The number of amides is 1. The SMILES string of the molecule is CCCCCCCCCC(=O)Nc1ccc(/C(CCC(=O)O)=N/O)cc1. The maximum absolute atomic E-state index is 12.0. The van der Waals surface area contributed by atoms with Crippen molar-refractivity contribution in [2.45, 2.75) is 71.1 Å². The largest absolute Gasteiger partial charge is 0.481 e. The molecule has 0 spiro atoms. The molecule has 0 aliphatic heterocycles. The van der Waals surface area contributed by atoms with Crippen LogP contribution in [0.3, 0.4) is 0 Å². The first-order valence-corrected chi connectivity index (χ1v) is 9.39. The fourth-order valence-corrected chi connectivity index (χ4v) is 2.69. The number of oxime groups is 1. The summed E-state index contributed by atoms with van der Waals surface area (Å²) in [6.07, 6.45) is 8.77. The van der Waals surface area contributed by atoms with Crippen molar-refractivity contribution in [1.29, 1.82) is 0 Å². The van der Waals surface area contributed by atoms with E-state index in [9.17, 15) is 9.59 Å². The maximum Gasteiger partial charge on any atom is 0.303 e. The smallest absolute Gasteiger partial charge is 0.303 e. The summed E-state index contributed by atoms with van der Waals surface area (Å²) >= 11 is 0. The van der Waals surface area contributed by atoms with Crippen molar-refractivity contribution >= 4 is 23.3 Å². The monoisotopic (exact) mass is 362 g/mol. The van der Waals surface area contributed by atoms with Gasteiger partial charge in [0.15, 0.2) is 0 Å². The van der Waals surface area contributed by atoms with E-state index in [4.69, 9.17) is 10.3 Å². The van der Waals surface area contributed by atoms with Crippen molar-refractivity contribution in [3.63, 3.8) is 0 Å². The van der Waals surface area contributed by atoms with Gasteiger partial charge in [-0.1, -0.05) is 62.7 Å². The third-order valence-corrected chi connectivity index (χ3v) is 4.21. The molecule has 0 unspecified atom stereocenters. The number of carboxylic acids is 1. The average Bonchev–Trinajstić information content (AvgIpc) is 2.62. The lowest BCUT2D eigenvalue weighted by molar-refractivity contribution is -0.136. The molecule has 0 heterocycles. The Hall–Kier alpha value is -2.37. The van der Waals surface area contributed by atoms with Crippen LogP contribution in [0.5, 0.6) is 0 Å². The zero-order valence-electron chi connectivity index (χ0n) is 15.5. The van der Waals surface area contributed by atoms with Crippen molar-refractivity contribution in [1.82, 2.24) is 0 Å². The van der Waals surface area contributed by atoms with Gasteiger partial charge >= 0.3 is 5.97 Å². The molecule has 1 aromatic carbocycles. The zero-order chi connectivity index (χ0) is 19.2. The molecule has 0 bridgehead atoms.